The summed E-state index contributed by atoms with van der Waals surface area (Å²) in [5.41, 5.74) is 0.490. The zero-order chi connectivity index (χ0) is 12.5. The van der Waals surface area contributed by atoms with Gasteiger partial charge in [-0.25, -0.2) is 0 Å². The Balaban J connectivity index is 1.87. The van der Waals surface area contributed by atoms with E-state index in [0.29, 0.717) is 10.0 Å². The molecule has 92 valence electrons. The monoisotopic (exact) mass is 279 g/mol. The minimum absolute atomic E-state index is 0.199. The zero-order valence-corrected chi connectivity index (χ0v) is 10.3. The van der Waals surface area contributed by atoms with Gasteiger partial charge < -0.3 is 12.9 Å². The fourth-order valence-electron chi connectivity index (χ4n) is 3.42. The first kappa shape index (κ1) is 11.7. The second-order valence-corrected chi connectivity index (χ2v) is 6.22. The van der Waals surface area contributed by atoms with Crippen molar-refractivity contribution in [1.29, 1.82) is 0 Å². The molecule has 1 aromatic rings. The Labute approximate surface area is 107 Å². The predicted octanol–water partition coefficient (Wildman–Crippen LogP) is 5.02. The Morgan fingerprint density at radius 2 is 1.65 bits per heavy atom. The molecule has 3 fully saturated rings. The van der Waals surface area contributed by atoms with Crippen LogP contribution < -0.4 is 0 Å². The van der Waals surface area contributed by atoms with Crippen LogP contribution in [0.25, 0.3) is 0 Å². The van der Waals surface area contributed by atoms with E-state index in [1.54, 1.807) is 18.2 Å². The van der Waals surface area contributed by atoms with Crippen LogP contribution in [-0.4, -0.2) is 6.98 Å². The first-order valence-corrected chi connectivity index (χ1v) is 6.19. The fraction of sp³-hybridized carbons (Fsp3) is 0.455. The lowest BCUT2D eigenvalue weighted by Crippen LogP contribution is -2.67. The molecule has 0 aliphatic heterocycles. The molecule has 17 heavy (non-hydrogen) atoms. The quantitative estimate of drug-likeness (QED) is 0.667. The molecule has 3 aliphatic carbocycles. The van der Waals surface area contributed by atoms with Gasteiger partial charge in [0.2, 0.25) is 0 Å². The summed E-state index contributed by atoms with van der Waals surface area (Å²) in [4.78, 5) is 0. The molecule has 0 N–H and O–H groups in total. The molecule has 2 bridgehead atoms. The van der Waals surface area contributed by atoms with Gasteiger partial charge in [-0.05, 0) is 23.1 Å². The van der Waals surface area contributed by atoms with E-state index >= 15 is 0 Å². The molecule has 6 heteroatoms. The van der Waals surface area contributed by atoms with Crippen molar-refractivity contribution in [2.75, 3.05) is 0 Å². The first-order valence-electron chi connectivity index (χ1n) is 5.43. The van der Waals surface area contributed by atoms with Crippen molar-refractivity contribution in [3.63, 3.8) is 0 Å². The van der Waals surface area contributed by atoms with E-state index in [1.807, 2.05) is 0 Å². The molecular weight excluding hydrogens is 271 g/mol. The smallest absolute Gasteiger partial charge is 0.449 e. The molecule has 0 amide bonds. The lowest BCUT2D eigenvalue weighted by molar-refractivity contribution is -0.0399. The van der Waals surface area contributed by atoms with Gasteiger partial charge in [0.1, 0.15) is 0 Å². The number of hydrogen-bond acceptors (Lipinski definition) is 0. The maximum atomic E-state index is 12.8. The van der Waals surface area contributed by atoms with Crippen molar-refractivity contribution in [3.05, 3.63) is 33.8 Å². The summed E-state index contributed by atoms with van der Waals surface area (Å²) >= 11 is 11.8. The van der Waals surface area contributed by atoms with Crippen LogP contribution in [-0.2, 0) is 5.41 Å². The van der Waals surface area contributed by atoms with Crippen molar-refractivity contribution in [2.45, 2.75) is 30.0 Å². The topological polar surface area (TPSA) is 0 Å². The third-order valence-corrected chi connectivity index (χ3v) is 4.82. The number of benzene rings is 1. The van der Waals surface area contributed by atoms with E-state index in [9.17, 15) is 12.9 Å². The van der Waals surface area contributed by atoms with Gasteiger partial charge in [-0.3, -0.25) is 0 Å². The standard InChI is InChI=1S/C11H9BCl2F3/c13-7-1-2-8(9(14)3-7)10-4-11(5-10,6-10)12(15,16)17/h1-3H,4-6H2/q-1. The summed E-state index contributed by atoms with van der Waals surface area (Å²) in [6.07, 6.45) is 0.598. The molecule has 0 heterocycles. The van der Waals surface area contributed by atoms with E-state index in [2.05, 4.69) is 0 Å². The van der Waals surface area contributed by atoms with Gasteiger partial charge in [-0.2, -0.15) is 0 Å². The Morgan fingerprint density at radius 1 is 1.06 bits per heavy atom. The second-order valence-electron chi connectivity index (χ2n) is 5.37. The third-order valence-electron chi connectivity index (χ3n) is 4.27. The molecular formula is C11H9BCl2F3-. The average molecular weight is 280 g/mol. The van der Waals surface area contributed by atoms with Crippen molar-refractivity contribution in [1.82, 2.24) is 0 Å². The second kappa shape index (κ2) is 3.15. The lowest BCUT2D eigenvalue weighted by Gasteiger charge is -2.75. The molecule has 0 nitrogen and oxygen atoms in total. The third kappa shape index (κ3) is 1.40. The largest absolute Gasteiger partial charge is 0.484 e. The normalized spacial score (nSPS) is 35.1. The first-order chi connectivity index (χ1) is 7.78. The number of halogens is 5. The van der Waals surface area contributed by atoms with Crippen LogP contribution in [0, 0.1) is 0 Å². The Bertz CT molecular complexity index is 478. The van der Waals surface area contributed by atoms with Crippen LogP contribution in [0.3, 0.4) is 0 Å². The highest BCUT2D eigenvalue weighted by atomic mass is 35.5. The maximum Gasteiger partial charge on any atom is 0.484 e. The maximum absolute atomic E-state index is 12.8. The van der Waals surface area contributed by atoms with Gasteiger partial charge in [-0.15, -0.1) is 0 Å². The summed E-state index contributed by atoms with van der Waals surface area (Å²) in [7, 11) is 0. The fourth-order valence-corrected chi connectivity index (χ4v) is 4.03. The molecule has 0 aromatic heterocycles. The van der Waals surface area contributed by atoms with Gasteiger partial charge in [0.25, 0.3) is 0 Å². The SMILES string of the molecule is F[B-](F)(F)C12CC(c3ccc(Cl)cc3Cl)(C1)C2. The van der Waals surface area contributed by atoms with Crippen molar-refractivity contribution >= 4 is 30.2 Å². The highest BCUT2D eigenvalue weighted by molar-refractivity contribution is 6.63. The highest BCUT2D eigenvalue weighted by Gasteiger charge is 2.74. The van der Waals surface area contributed by atoms with Crippen molar-refractivity contribution < 1.29 is 12.9 Å². The Hall–Kier alpha value is -0.345. The van der Waals surface area contributed by atoms with E-state index in [4.69, 9.17) is 23.2 Å². The van der Waals surface area contributed by atoms with E-state index in [0.717, 1.165) is 5.56 Å². The molecule has 0 saturated heterocycles. The Kier molecular flexibility index (Phi) is 2.18. The van der Waals surface area contributed by atoms with Crippen LogP contribution >= 0.6 is 23.2 Å². The van der Waals surface area contributed by atoms with Crippen LogP contribution in [0.1, 0.15) is 24.8 Å². The average Bonchev–Trinajstić information content (AvgIpc) is 2.01. The van der Waals surface area contributed by atoms with E-state index in [1.165, 1.54) is 0 Å². The zero-order valence-electron chi connectivity index (χ0n) is 8.82. The lowest BCUT2D eigenvalue weighted by atomic mass is 9.23. The van der Waals surface area contributed by atoms with Crippen LogP contribution in [0.5, 0.6) is 0 Å². The number of rotatable bonds is 2. The van der Waals surface area contributed by atoms with Crippen molar-refractivity contribution in [3.8, 4) is 0 Å². The summed E-state index contributed by atoms with van der Waals surface area (Å²) in [5.74, 6) is 0. The number of hydrogen-bond donors (Lipinski definition) is 0. The van der Waals surface area contributed by atoms with Crippen LogP contribution in [0.4, 0.5) is 12.9 Å². The van der Waals surface area contributed by atoms with Gasteiger partial charge in [0, 0.05) is 10.0 Å². The minimum Gasteiger partial charge on any atom is -0.449 e. The predicted molar refractivity (Wildman–Crippen MR) is 63.8 cm³/mol. The van der Waals surface area contributed by atoms with Crippen LogP contribution in [0.2, 0.25) is 15.4 Å². The molecule has 0 radical (unpaired) electrons. The molecule has 0 unspecified atom stereocenters. The van der Waals surface area contributed by atoms with Gasteiger partial charge in [-0.1, -0.05) is 53.8 Å². The van der Waals surface area contributed by atoms with Gasteiger partial charge >= 0.3 is 6.98 Å². The summed E-state index contributed by atoms with van der Waals surface area (Å²) in [5, 5.41) is -0.372. The van der Waals surface area contributed by atoms with Gasteiger partial charge in [0.05, 0.1) is 0 Å². The van der Waals surface area contributed by atoms with Crippen LogP contribution in [0.15, 0.2) is 18.2 Å². The molecule has 4 rings (SSSR count). The molecule has 3 aliphatic rings. The van der Waals surface area contributed by atoms with E-state index in [-0.39, 0.29) is 24.7 Å². The summed E-state index contributed by atoms with van der Waals surface area (Å²) in [6, 6.07) is 5.05. The summed E-state index contributed by atoms with van der Waals surface area (Å²) < 4.78 is 38.3. The molecule has 1 aromatic carbocycles. The molecule has 0 spiro atoms. The van der Waals surface area contributed by atoms with E-state index < -0.39 is 12.3 Å². The molecule has 3 saturated carbocycles. The van der Waals surface area contributed by atoms with Crippen molar-refractivity contribution in [2.24, 2.45) is 0 Å². The Morgan fingerprint density at radius 3 is 2.12 bits per heavy atom. The van der Waals surface area contributed by atoms with Gasteiger partial charge in [0.15, 0.2) is 0 Å². The minimum atomic E-state index is -4.72. The highest BCUT2D eigenvalue weighted by Crippen LogP contribution is 2.82. The summed E-state index contributed by atoms with van der Waals surface area (Å²) in [6.45, 7) is -4.72. The molecule has 0 atom stereocenters.